The van der Waals surface area contributed by atoms with Crippen LogP contribution >= 0.6 is 0 Å². The van der Waals surface area contributed by atoms with Crippen LogP contribution in [0.15, 0.2) is 41.6 Å². The SMILES string of the molecule is C[C@H]1COCCN1c1cc(CS(=O)(=O)c2ccc(F)cc2)ncn1. The van der Waals surface area contributed by atoms with Crippen LogP contribution in [0.2, 0.25) is 0 Å². The molecular weight excluding hydrogens is 333 g/mol. The smallest absolute Gasteiger partial charge is 0.184 e. The highest BCUT2D eigenvalue weighted by Crippen LogP contribution is 2.20. The average molecular weight is 351 g/mol. The number of sulfone groups is 1. The van der Waals surface area contributed by atoms with Crippen molar-refractivity contribution in [2.24, 2.45) is 0 Å². The van der Waals surface area contributed by atoms with Crippen LogP contribution in [0.25, 0.3) is 0 Å². The van der Waals surface area contributed by atoms with Crippen molar-refractivity contribution < 1.29 is 17.5 Å². The Balaban J connectivity index is 1.82. The number of morpholine rings is 1. The molecule has 1 fully saturated rings. The lowest BCUT2D eigenvalue weighted by Crippen LogP contribution is -2.44. The highest BCUT2D eigenvalue weighted by atomic mass is 32.2. The number of aromatic nitrogens is 2. The van der Waals surface area contributed by atoms with Gasteiger partial charge in [0, 0.05) is 12.6 Å². The molecule has 3 rings (SSSR count). The molecule has 2 heterocycles. The Kier molecular flexibility index (Phi) is 4.77. The number of rotatable bonds is 4. The second-order valence-corrected chi connectivity index (χ2v) is 7.69. The second kappa shape index (κ2) is 6.82. The van der Waals surface area contributed by atoms with E-state index in [9.17, 15) is 12.8 Å². The van der Waals surface area contributed by atoms with Gasteiger partial charge in [0.1, 0.15) is 18.0 Å². The molecule has 0 saturated carbocycles. The molecule has 0 amide bonds. The van der Waals surface area contributed by atoms with E-state index >= 15 is 0 Å². The summed E-state index contributed by atoms with van der Waals surface area (Å²) < 4.78 is 43.3. The molecule has 24 heavy (non-hydrogen) atoms. The molecule has 0 unspecified atom stereocenters. The predicted molar refractivity (Wildman–Crippen MR) is 86.9 cm³/mol. The lowest BCUT2D eigenvalue weighted by atomic mass is 10.2. The normalized spacial score (nSPS) is 18.6. The van der Waals surface area contributed by atoms with Crippen LogP contribution in [-0.2, 0) is 20.3 Å². The Labute approximate surface area is 140 Å². The predicted octanol–water partition coefficient (Wildman–Crippen LogP) is 1.81. The van der Waals surface area contributed by atoms with Crippen LogP contribution in [-0.4, -0.2) is 44.2 Å². The largest absolute Gasteiger partial charge is 0.377 e. The molecule has 128 valence electrons. The van der Waals surface area contributed by atoms with Gasteiger partial charge < -0.3 is 9.64 Å². The van der Waals surface area contributed by atoms with Gasteiger partial charge in [-0.05, 0) is 31.2 Å². The van der Waals surface area contributed by atoms with Crippen molar-refractivity contribution in [3.8, 4) is 0 Å². The first kappa shape index (κ1) is 16.8. The van der Waals surface area contributed by atoms with Crippen LogP contribution in [0.4, 0.5) is 10.2 Å². The molecule has 1 saturated heterocycles. The van der Waals surface area contributed by atoms with Gasteiger partial charge in [0.2, 0.25) is 0 Å². The van der Waals surface area contributed by atoms with Crippen LogP contribution in [0.1, 0.15) is 12.6 Å². The quantitative estimate of drug-likeness (QED) is 0.783. The van der Waals surface area contributed by atoms with E-state index in [2.05, 4.69) is 14.9 Å². The third-order valence-corrected chi connectivity index (χ3v) is 5.55. The number of hydrogen-bond donors (Lipinski definition) is 0. The van der Waals surface area contributed by atoms with Crippen molar-refractivity contribution >= 4 is 15.7 Å². The zero-order chi connectivity index (χ0) is 17.2. The number of ether oxygens (including phenoxy) is 1. The van der Waals surface area contributed by atoms with Crippen LogP contribution in [0, 0.1) is 5.82 Å². The fourth-order valence-corrected chi connectivity index (χ4v) is 3.87. The van der Waals surface area contributed by atoms with E-state index in [4.69, 9.17) is 4.74 Å². The van der Waals surface area contributed by atoms with Gasteiger partial charge in [-0.3, -0.25) is 0 Å². The highest BCUT2D eigenvalue weighted by Gasteiger charge is 2.22. The van der Waals surface area contributed by atoms with E-state index in [1.54, 1.807) is 6.07 Å². The maximum absolute atomic E-state index is 13.0. The maximum atomic E-state index is 13.0. The Morgan fingerprint density at radius 1 is 1.29 bits per heavy atom. The topological polar surface area (TPSA) is 72.4 Å². The minimum atomic E-state index is -3.59. The maximum Gasteiger partial charge on any atom is 0.184 e. The van der Waals surface area contributed by atoms with Gasteiger partial charge in [-0.1, -0.05) is 0 Å². The summed E-state index contributed by atoms with van der Waals surface area (Å²) in [7, 11) is -3.59. The first-order valence-corrected chi connectivity index (χ1v) is 9.24. The number of anilines is 1. The van der Waals surface area contributed by atoms with Crippen LogP contribution in [0.5, 0.6) is 0 Å². The van der Waals surface area contributed by atoms with Gasteiger partial charge in [-0.15, -0.1) is 0 Å². The standard InChI is InChI=1S/C16H18FN3O3S/c1-12-9-23-7-6-20(12)16-8-14(18-11-19-16)10-24(21,22)15-4-2-13(17)3-5-15/h2-5,8,11-12H,6-7,9-10H2,1H3/t12-/m0/s1. The Hall–Kier alpha value is -2.06. The van der Waals surface area contributed by atoms with E-state index in [1.165, 1.54) is 18.5 Å². The number of hydrogen-bond acceptors (Lipinski definition) is 6. The third-order valence-electron chi connectivity index (χ3n) is 3.88. The molecular formula is C16H18FN3O3S. The Morgan fingerprint density at radius 2 is 2.04 bits per heavy atom. The first-order chi connectivity index (χ1) is 11.5. The summed E-state index contributed by atoms with van der Waals surface area (Å²) in [6, 6.07) is 6.63. The summed E-state index contributed by atoms with van der Waals surface area (Å²) in [5.41, 5.74) is 0.406. The molecule has 1 aliphatic heterocycles. The minimum Gasteiger partial charge on any atom is -0.377 e. The molecule has 1 aromatic carbocycles. The molecule has 1 aromatic heterocycles. The molecule has 0 bridgehead atoms. The van der Waals surface area contributed by atoms with Crippen LogP contribution in [0.3, 0.4) is 0 Å². The molecule has 0 spiro atoms. The molecule has 0 aliphatic carbocycles. The molecule has 1 atom stereocenters. The summed E-state index contributed by atoms with van der Waals surface area (Å²) in [4.78, 5) is 10.4. The fourth-order valence-electron chi connectivity index (χ4n) is 2.61. The van der Waals surface area contributed by atoms with E-state index in [0.29, 0.717) is 31.3 Å². The molecule has 2 aromatic rings. The van der Waals surface area contributed by atoms with Gasteiger partial charge in [0.25, 0.3) is 0 Å². The van der Waals surface area contributed by atoms with Crippen molar-refractivity contribution in [2.75, 3.05) is 24.7 Å². The summed E-state index contributed by atoms with van der Waals surface area (Å²) >= 11 is 0. The zero-order valence-corrected chi connectivity index (χ0v) is 14.0. The summed E-state index contributed by atoms with van der Waals surface area (Å²) in [5.74, 6) is -0.0444. The van der Waals surface area contributed by atoms with E-state index in [0.717, 1.165) is 12.1 Å². The van der Waals surface area contributed by atoms with E-state index in [1.807, 2.05) is 6.92 Å². The Morgan fingerprint density at radius 3 is 2.75 bits per heavy atom. The summed E-state index contributed by atoms with van der Waals surface area (Å²) in [6.07, 6.45) is 1.37. The highest BCUT2D eigenvalue weighted by molar-refractivity contribution is 7.90. The number of nitrogens with zero attached hydrogens (tertiary/aromatic N) is 3. The average Bonchev–Trinajstić information content (AvgIpc) is 2.55. The van der Waals surface area contributed by atoms with Crippen molar-refractivity contribution in [1.82, 2.24) is 9.97 Å². The van der Waals surface area contributed by atoms with Crippen molar-refractivity contribution in [1.29, 1.82) is 0 Å². The van der Waals surface area contributed by atoms with Crippen molar-refractivity contribution in [3.05, 3.63) is 48.2 Å². The lowest BCUT2D eigenvalue weighted by molar-refractivity contribution is 0.0985. The van der Waals surface area contributed by atoms with E-state index in [-0.39, 0.29) is 16.7 Å². The molecule has 6 nitrogen and oxygen atoms in total. The van der Waals surface area contributed by atoms with Gasteiger partial charge in [-0.25, -0.2) is 22.8 Å². The third kappa shape index (κ3) is 3.70. The Bertz CT molecular complexity index is 812. The second-order valence-electron chi connectivity index (χ2n) is 5.70. The first-order valence-electron chi connectivity index (χ1n) is 7.59. The van der Waals surface area contributed by atoms with Crippen LogP contribution < -0.4 is 4.90 Å². The number of halogens is 1. The van der Waals surface area contributed by atoms with E-state index < -0.39 is 15.7 Å². The summed E-state index contributed by atoms with van der Waals surface area (Å²) in [6.45, 7) is 3.93. The van der Waals surface area contributed by atoms with Gasteiger partial charge in [0.15, 0.2) is 9.84 Å². The molecule has 0 N–H and O–H groups in total. The van der Waals surface area contributed by atoms with Crippen molar-refractivity contribution in [3.63, 3.8) is 0 Å². The van der Waals surface area contributed by atoms with Gasteiger partial charge in [-0.2, -0.15) is 0 Å². The van der Waals surface area contributed by atoms with Crippen molar-refractivity contribution in [2.45, 2.75) is 23.6 Å². The summed E-state index contributed by atoms with van der Waals surface area (Å²) in [5, 5.41) is 0. The van der Waals surface area contributed by atoms with Gasteiger partial charge >= 0.3 is 0 Å². The fraction of sp³-hybridized carbons (Fsp3) is 0.375. The number of benzene rings is 1. The minimum absolute atomic E-state index is 0.0730. The molecule has 8 heteroatoms. The monoisotopic (exact) mass is 351 g/mol. The molecule has 1 aliphatic rings. The molecule has 0 radical (unpaired) electrons. The zero-order valence-electron chi connectivity index (χ0n) is 13.2. The lowest BCUT2D eigenvalue weighted by Gasteiger charge is -2.34. The van der Waals surface area contributed by atoms with Gasteiger partial charge in [0.05, 0.1) is 35.6 Å².